The van der Waals surface area contributed by atoms with Gasteiger partial charge in [-0.25, -0.2) is 0 Å². The van der Waals surface area contributed by atoms with Crippen LogP contribution < -0.4 is 24.3 Å². The van der Waals surface area contributed by atoms with Gasteiger partial charge in [-0.2, -0.15) is 0 Å². The Hall–Kier alpha value is -2.89. The van der Waals surface area contributed by atoms with Gasteiger partial charge < -0.3 is 24.3 Å². The molecule has 0 spiro atoms. The topological polar surface area (TPSA) is 66.0 Å². The lowest BCUT2D eigenvalue weighted by molar-refractivity contribution is -0.116. The molecule has 1 aliphatic heterocycles. The molecule has 1 aliphatic rings. The van der Waals surface area contributed by atoms with Gasteiger partial charge in [0, 0.05) is 24.1 Å². The molecule has 0 aliphatic carbocycles. The van der Waals surface area contributed by atoms with Crippen molar-refractivity contribution in [2.24, 2.45) is 0 Å². The number of carbonyl (C=O) groups is 1. The molecule has 2 aromatic rings. The summed E-state index contributed by atoms with van der Waals surface area (Å²) < 4.78 is 22.2. The monoisotopic (exact) mass is 371 g/mol. The van der Waals surface area contributed by atoms with Gasteiger partial charge in [0.15, 0.2) is 23.0 Å². The van der Waals surface area contributed by atoms with Crippen molar-refractivity contribution in [3.8, 4) is 23.0 Å². The molecule has 1 N–H and O–H groups in total. The highest BCUT2D eigenvalue weighted by Crippen LogP contribution is 2.44. The molecule has 0 saturated heterocycles. The van der Waals surface area contributed by atoms with Crippen molar-refractivity contribution in [3.63, 3.8) is 0 Å². The predicted octanol–water partition coefficient (Wildman–Crippen LogP) is 3.98. The summed E-state index contributed by atoms with van der Waals surface area (Å²) in [6.07, 6.45) is 0.349. The van der Waals surface area contributed by atoms with Gasteiger partial charge in [-0.15, -0.1) is 0 Å². The highest BCUT2D eigenvalue weighted by Gasteiger charge is 2.29. The van der Waals surface area contributed by atoms with Crippen LogP contribution in [0.1, 0.15) is 37.3 Å². The first-order valence-corrected chi connectivity index (χ1v) is 9.06. The molecule has 0 saturated carbocycles. The minimum atomic E-state index is -0.108. The Kier molecular flexibility index (Phi) is 5.74. The minimum absolute atomic E-state index is 0.0356. The average molecular weight is 371 g/mol. The van der Waals surface area contributed by atoms with Gasteiger partial charge >= 0.3 is 0 Å². The minimum Gasteiger partial charge on any atom is -0.493 e. The van der Waals surface area contributed by atoms with E-state index >= 15 is 0 Å². The molecule has 1 amide bonds. The second-order valence-electron chi connectivity index (χ2n) is 6.17. The number of benzene rings is 2. The van der Waals surface area contributed by atoms with Crippen LogP contribution in [0.25, 0.3) is 0 Å². The van der Waals surface area contributed by atoms with E-state index in [-0.39, 0.29) is 11.8 Å². The molecule has 144 valence electrons. The number of nitrogens with one attached hydrogen (secondary N) is 1. The lowest BCUT2D eigenvalue weighted by Crippen LogP contribution is -2.23. The number of amides is 1. The molecular weight excluding hydrogens is 346 g/mol. The van der Waals surface area contributed by atoms with E-state index in [1.54, 1.807) is 20.3 Å². The van der Waals surface area contributed by atoms with Crippen LogP contribution in [-0.2, 0) is 4.79 Å². The molecular formula is C21H25NO5. The summed E-state index contributed by atoms with van der Waals surface area (Å²) in [6, 6.07) is 9.57. The van der Waals surface area contributed by atoms with Crippen molar-refractivity contribution in [1.29, 1.82) is 0 Å². The van der Waals surface area contributed by atoms with E-state index < -0.39 is 0 Å². The van der Waals surface area contributed by atoms with Crippen molar-refractivity contribution in [2.45, 2.75) is 26.2 Å². The molecule has 27 heavy (non-hydrogen) atoms. The standard InChI is InChI=1S/C21H25NO5/c1-5-26-17-8-7-13(9-20(17)27-6-2)14-11-21(23)22-16-12-19(25-4)18(24-3)10-15(14)16/h7-10,12,14H,5-6,11H2,1-4H3,(H,22,23)/t14-/m0/s1. The number of hydrogen-bond acceptors (Lipinski definition) is 5. The summed E-state index contributed by atoms with van der Waals surface area (Å²) >= 11 is 0. The number of hydrogen-bond donors (Lipinski definition) is 1. The zero-order valence-electron chi connectivity index (χ0n) is 16.1. The fourth-order valence-electron chi connectivity index (χ4n) is 3.37. The first-order chi connectivity index (χ1) is 13.1. The summed E-state index contributed by atoms with van der Waals surface area (Å²) in [5, 5.41) is 2.93. The van der Waals surface area contributed by atoms with E-state index in [1.165, 1.54) is 0 Å². The van der Waals surface area contributed by atoms with Crippen LogP contribution in [0.4, 0.5) is 5.69 Å². The van der Waals surface area contributed by atoms with Gasteiger partial charge in [0.2, 0.25) is 5.91 Å². The maximum atomic E-state index is 12.3. The Morgan fingerprint density at radius 2 is 1.59 bits per heavy atom. The van der Waals surface area contributed by atoms with Crippen LogP contribution >= 0.6 is 0 Å². The van der Waals surface area contributed by atoms with E-state index in [2.05, 4.69) is 5.32 Å². The van der Waals surface area contributed by atoms with Crippen LogP contribution in [0.2, 0.25) is 0 Å². The Bertz CT molecular complexity index is 834. The Labute approximate surface area is 159 Å². The third kappa shape index (κ3) is 3.79. The van der Waals surface area contributed by atoms with Gasteiger partial charge in [-0.3, -0.25) is 4.79 Å². The summed E-state index contributed by atoms with van der Waals surface area (Å²) in [6.45, 7) is 4.97. The summed E-state index contributed by atoms with van der Waals surface area (Å²) in [4.78, 5) is 12.3. The van der Waals surface area contributed by atoms with Crippen molar-refractivity contribution < 1.29 is 23.7 Å². The highest BCUT2D eigenvalue weighted by atomic mass is 16.5. The Morgan fingerprint density at radius 1 is 0.926 bits per heavy atom. The molecule has 0 bridgehead atoms. The molecule has 0 aromatic heterocycles. The largest absolute Gasteiger partial charge is 0.493 e. The van der Waals surface area contributed by atoms with Gasteiger partial charge in [0.05, 0.1) is 27.4 Å². The van der Waals surface area contributed by atoms with Crippen molar-refractivity contribution in [2.75, 3.05) is 32.8 Å². The summed E-state index contributed by atoms with van der Waals surface area (Å²) in [5.41, 5.74) is 2.71. The quantitative estimate of drug-likeness (QED) is 0.798. The predicted molar refractivity (Wildman–Crippen MR) is 103 cm³/mol. The number of anilines is 1. The van der Waals surface area contributed by atoms with E-state index in [0.717, 1.165) is 16.8 Å². The van der Waals surface area contributed by atoms with Gasteiger partial charge in [0.1, 0.15) is 0 Å². The number of methoxy groups -OCH3 is 2. The van der Waals surface area contributed by atoms with Crippen LogP contribution in [0.15, 0.2) is 30.3 Å². The van der Waals surface area contributed by atoms with Gasteiger partial charge in [0.25, 0.3) is 0 Å². The zero-order valence-corrected chi connectivity index (χ0v) is 16.1. The Balaban J connectivity index is 2.07. The zero-order chi connectivity index (χ0) is 19.4. The van der Waals surface area contributed by atoms with E-state index in [0.29, 0.717) is 42.6 Å². The molecule has 6 heteroatoms. The molecule has 0 unspecified atom stereocenters. The molecule has 2 aromatic carbocycles. The maximum absolute atomic E-state index is 12.3. The third-order valence-corrected chi connectivity index (χ3v) is 4.56. The van der Waals surface area contributed by atoms with E-state index in [1.807, 2.05) is 38.1 Å². The fraction of sp³-hybridized carbons (Fsp3) is 0.381. The SMILES string of the molecule is CCOc1ccc([C@@H]2CC(=O)Nc3cc(OC)c(OC)cc32)cc1OCC. The van der Waals surface area contributed by atoms with Crippen LogP contribution in [0.3, 0.4) is 0 Å². The first-order valence-electron chi connectivity index (χ1n) is 9.06. The number of ether oxygens (including phenoxy) is 4. The molecule has 1 atom stereocenters. The van der Waals surface area contributed by atoms with Crippen LogP contribution in [0.5, 0.6) is 23.0 Å². The lowest BCUT2D eigenvalue weighted by atomic mass is 9.84. The third-order valence-electron chi connectivity index (χ3n) is 4.56. The summed E-state index contributed by atoms with van der Waals surface area (Å²) in [5.74, 6) is 2.46. The molecule has 6 nitrogen and oxygen atoms in total. The van der Waals surface area contributed by atoms with Crippen molar-refractivity contribution in [1.82, 2.24) is 0 Å². The van der Waals surface area contributed by atoms with Crippen molar-refractivity contribution in [3.05, 3.63) is 41.5 Å². The fourth-order valence-corrected chi connectivity index (χ4v) is 3.37. The van der Waals surface area contributed by atoms with Gasteiger partial charge in [-0.1, -0.05) is 6.07 Å². The smallest absolute Gasteiger partial charge is 0.225 e. The number of carbonyl (C=O) groups excluding carboxylic acids is 1. The maximum Gasteiger partial charge on any atom is 0.225 e. The van der Waals surface area contributed by atoms with Crippen molar-refractivity contribution >= 4 is 11.6 Å². The molecule has 0 fully saturated rings. The second kappa shape index (κ2) is 8.20. The van der Waals surface area contributed by atoms with E-state index in [4.69, 9.17) is 18.9 Å². The number of fused-ring (bicyclic) bond motifs is 1. The average Bonchev–Trinajstić information content (AvgIpc) is 2.68. The van der Waals surface area contributed by atoms with Gasteiger partial charge in [-0.05, 0) is 43.2 Å². The van der Waals surface area contributed by atoms with Crippen LogP contribution in [0, 0.1) is 0 Å². The summed E-state index contributed by atoms with van der Waals surface area (Å²) in [7, 11) is 3.18. The Morgan fingerprint density at radius 3 is 2.26 bits per heavy atom. The molecule has 1 heterocycles. The second-order valence-corrected chi connectivity index (χ2v) is 6.17. The molecule has 0 radical (unpaired) electrons. The number of rotatable bonds is 7. The molecule has 3 rings (SSSR count). The first kappa shape index (κ1) is 18.9. The normalized spacial score (nSPS) is 15.6. The van der Waals surface area contributed by atoms with E-state index in [9.17, 15) is 4.79 Å². The van der Waals surface area contributed by atoms with Crippen LogP contribution in [-0.4, -0.2) is 33.3 Å². The highest BCUT2D eigenvalue weighted by molar-refractivity contribution is 5.96. The lowest BCUT2D eigenvalue weighted by Gasteiger charge is -2.27.